The second-order valence-corrected chi connectivity index (χ2v) is 6.01. The number of alkyl halides is 2. The predicted octanol–water partition coefficient (Wildman–Crippen LogP) is 4.92. The summed E-state index contributed by atoms with van der Waals surface area (Å²) in [6, 6.07) is 8.94. The highest BCUT2D eigenvalue weighted by Gasteiger charge is 2.14. The Morgan fingerprint density at radius 1 is 1.12 bits per heavy atom. The topological polar surface area (TPSA) is 47.6 Å². The highest BCUT2D eigenvalue weighted by Crippen LogP contribution is 2.36. The summed E-state index contributed by atoms with van der Waals surface area (Å²) in [6.45, 7) is 0. The van der Waals surface area contributed by atoms with Crippen molar-refractivity contribution >= 4 is 35.0 Å². The minimum absolute atomic E-state index is 0.324. The van der Waals surface area contributed by atoms with Gasteiger partial charge in [0.2, 0.25) is 0 Å². The van der Waals surface area contributed by atoms with E-state index in [1.165, 1.54) is 44.6 Å². The Hall–Kier alpha value is -1.99. The van der Waals surface area contributed by atoms with Crippen LogP contribution in [0.25, 0.3) is 0 Å². The minimum Gasteiger partial charge on any atom is -0.495 e. The van der Waals surface area contributed by atoms with Crippen LogP contribution in [0.5, 0.6) is 11.5 Å². The number of benzene rings is 2. The second kappa shape index (κ2) is 8.21. The Morgan fingerprint density at radius 2 is 1.75 bits per heavy atom. The molecule has 128 valence electrons. The lowest BCUT2D eigenvalue weighted by molar-refractivity contribution is 0.102. The van der Waals surface area contributed by atoms with Crippen LogP contribution in [0.2, 0.25) is 5.02 Å². The van der Waals surface area contributed by atoms with Gasteiger partial charge in [0.25, 0.3) is 11.7 Å². The van der Waals surface area contributed by atoms with Gasteiger partial charge >= 0.3 is 0 Å². The van der Waals surface area contributed by atoms with Crippen molar-refractivity contribution in [1.82, 2.24) is 0 Å². The first kappa shape index (κ1) is 18.4. The molecule has 0 aromatic heterocycles. The van der Waals surface area contributed by atoms with Gasteiger partial charge in [-0.05, 0) is 24.3 Å². The predicted molar refractivity (Wildman–Crippen MR) is 90.8 cm³/mol. The lowest BCUT2D eigenvalue weighted by atomic mass is 10.2. The molecule has 0 spiro atoms. The van der Waals surface area contributed by atoms with Gasteiger partial charge in [-0.3, -0.25) is 4.79 Å². The number of hydrogen-bond acceptors (Lipinski definition) is 4. The van der Waals surface area contributed by atoms with Crippen LogP contribution in [0, 0.1) is 0 Å². The summed E-state index contributed by atoms with van der Waals surface area (Å²) in [5.74, 6) is -2.16. The minimum atomic E-state index is -2.50. The molecule has 2 aromatic rings. The first-order valence-corrected chi connectivity index (χ1v) is 7.98. The Labute approximate surface area is 147 Å². The number of halogens is 3. The zero-order chi connectivity index (χ0) is 17.7. The van der Waals surface area contributed by atoms with Gasteiger partial charge < -0.3 is 14.8 Å². The summed E-state index contributed by atoms with van der Waals surface area (Å²) in [5, 5.41) is 3.03. The van der Waals surface area contributed by atoms with Crippen molar-refractivity contribution in [3.63, 3.8) is 0 Å². The Kier molecular flexibility index (Phi) is 6.28. The van der Waals surface area contributed by atoms with Crippen LogP contribution >= 0.6 is 23.4 Å². The average Bonchev–Trinajstić information content (AvgIpc) is 2.56. The zero-order valence-electron chi connectivity index (χ0n) is 12.8. The van der Waals surface area contributed by atoms with E-state index < -0.39 is 11.7 Å². The molecule has 0 atom stereocenters. The number of methoxy groups -OCH3 is 2. The maximum absolute atomic E-state index is 12.3. The third kappa shape index (κ3) is 4.52. The number of rotatable bonds is 6. The fourth-order valence-corrected chi connectivity index (χ4v) is 2.67. The highest BCUT2D eigenvalue weighted by molar-refractivity contribution is 7.99. The number of ether oxygens (including phenoxy) is 2. The van der Waals surface area contributed by atoms with E-state index >= 15 is 0 Å². The van der Waals surface area contributed by atoms with Crippen molar-refractivity contribution in [2.24, 2.45) is 0 Å². The maximum Gasteiger partial charge on any atom is 0.288 e. The summed E-state index contributed by atoms with van der Waals surface area (Å²) in [4.78, 5) is 12.7. The van der Waals surface area contributed by atoms with Crippen LogP contribution < -0.4 is 14.8 Å². The molecule has 0 bridgehead atoms. The Bertz CT molecular complexity index is 726. The molecular weight excluding hydrogens is 360 g/mol. The highest BCUT2D eigenvalue weighted by atomic mass is 35.5. The van der Waals surface area contributed by atoms with Crippen LogP contribution in [0.4, 0.5) is 14.5 Å². The van der Waals surface area contributed by atoms with E-state index in [-0.39, 0.29) is 0 Å². The number of nitrogens with one attached hydrogen (secondary N) is 1. The number of carbonyl (C=O) groups excluding carboxylic acids is 1. The van der Waals surface area contributed by atoms with Gasteiger partial charge in [0.15, 0.2) is 0 Å². The number of carbonyl (C=O) groups is 1. The van der Waals surface area contributed by atoms with E-state index in [0.717, 1.165) is 0 Å². The van der Waals surface area contributed by atoms with E-state index in [2.05, 4.69) is 5.32 Å². The Balaban J connectivity index is 2.20. The smallest absolute Gasteiger partial charge is 0.288 e. The van der Waals surface area contributed by atoms with Crippen LogP contribution in [-0.2, 0) is 0 Å². The molecule has 2 rings (SSSR count). The molecule has 8 heteroatoms. The molecule has 1 amide bonds. The molecule has 0 saturated carbocycles. The van der Waals surface area contributed by atoms with E-state index in [1.807, 2.05) is 0 Å². The van der Waals surface area contributed by atoms with E-state index in [1.54, 1.807) is 6.07 Å². The first-order valence-electron chi connectivity index (χ1n) is 6.72. The molecule has 4 nitrogen and oxygen atoms in total. The standard InChI is InChI=1S/C16H14ClF2NO3S/c1-22-13-8-12(14(23-2)7-11(13)17)20-15(21)9-3-5-10(6-4-9)24-16(18)19/h3-8,16H,1-2H3,(H,20,21). The third-order valence-corrected chi connectivity index (χ3v) is 4.08. The average molecular weight is 374 g/mol. The van der Waals surface area contributed by atoms with Gasteiger partial charge in [0.05, 0.1) is 24.9 Å². The van der Waals surface area contributed by atoms with Crippen LogP contribution in [-0.4, -0.2) is 25.9 Å². The molecule has 0 radical (unpaired) electrons. The summed E-state index contributed by atoms with van der Waals surface area (Å²) in [5.41, 5.74) is 0.708. The van der Waals surface area contributed by atoms with E-state index in [4.69, 9.17) is 21.1 Å². The maximum atomic E-state index is 12.3. The normalized spacial score (nSPS) is 10.6. The van der Waals surface area contributed by atoms with Crippen LogP contribution in [0.1, 0.15) is 10.4 Å². The molecular formula is C16H14ClF2NO3S. The van der Waals surface area contributed by atoms with Gasteiger partial charge in [-0.2, -0.15) is 8.78 Å². The first-order chi connectivity index (χ1) is 11.4. The van der Waals surface area contributed by atoms with Gasteiger partial charge in [-0.15, -0.1) is 0 Å². The molecule has 24 heavy (non-hydrogen) atoms. The fraction of sp³-hybridized carbons (Fsp3) is 0.188. The van der Waals surface area contributed by atoms with Crippen LogP contribution in [0.15, 0.2) is 41.3 Å². The van der Waals surface area contributed by atoms with Crippen molar-refractivity contribution < 1.29 is 23.0 Å². The van der Waals surface area contributed by atoms with Gasteiger partial charge in [0, 0.05) is 22.6 Å². The summed E-state index contributed by atoms with van der Waals surface area (Å²) in [7, 11) is 2.91. The van der Waals surface area contributed by atoms with Gasteiger partial charge in [-0.1, -0.05) is 23.4 Å². The van der Waals surface area contributed by atoms with Crippen molar-refractivity contribution in [3.05, 3.63) is 47.0 Å². The summed E-state index contributed by atoms with van der Waals surface area (Å²) < 4.78 is 34.9. The largest absolute Gasteiger partial charge is 0.495 e. The van der Waals surface area contributed by atoms with Gasteiger partial charge in [0.1, 0.15) is 11.5 Å². The number of hydrogen-bond donors (Lipinski definition) is 1. The second-order valence-electron chi connectivity index (χ2n) is 4.54. The molecule has 0 aliphatic carbocycles. The molecule has 0 aliphatic rings. The summed E-state index contributed by atoms with van der Waals surface area (Å²) >= 11 is 6.43. The fourth-order valence-electron chi connectivity index (χ4n) is 1.94. The van der Waals surface area contributed by atoms with E-state index in [0.29, 0.717) is 44.4 Å². The quantitative estimate of drug-likeness (QED) is 0.730. The van der Waals surface area contributed by atoms with Crippen molar-refractivity contribution in [3.8, 4) is 11.5 Å². The molecule has 0 heterocycles. The van der Waals surface area contributed by atoms with E-state index in [9.17, 15) is 13.6 Å². The van der Waals surface area contributed by atoms with Crippen molar-refractivity contribution in [1.29, 1.82) is 0 Å². The van der Waals surface area contributed by atoms with Crippen molar-refractivity contribution in [2.45, 2.75) is 10.7 Å². The molecule has 0 unspecified atom stereocenters. The van der Waals surface area contributed by atoms with Gasteiger partial charge in [-0.25, -0.2) is 0 Å². The van der Waals surface area contributed by atoms with Crippen LogP contribution in [0.3, 0.4) is 0 Å². The third-order valence-electron chi connectivity index (χ3n) is 3.06. The zero-order valence-corrected chi connectivity index (χ0v) is 14.4. The summed E-state index contributed by atoms with van der Waals surface area (Å²) in [6.07, 6.45) is 0. The Morgan fingerprint density at radius 3 is 2.29 bits per heavy atom. The monoisotopic (exact) mass is 373 g/mol. The number of anilines is 1. The molecule has 1 N–H and O–H groups in total. The number of thioether (sulfide) groups is 1. The lowest BCUT2D eigenvalue weighted by Crippen LogP contribution is -2.12. The lowest BCUT2D eigenvalue weighted by Gasteiger charge is -2.13. The molecule has 0 fully saturated rings. The molecule has 0 saturated heterocycles. The number of amides is 1. The SMILES string of the molecule is COc1cc(NC(=O)c2ccc(SC(F)F)cc2)c(OC)cc1Cl. The van der Waals surface area contributed by atoms with Crippen molar-refractivity contribution in [2.75, 3.05) is 19.5 Å². The molecule has 2 aromatic carbocycles. The molecule has 0 aliphatic heterocycles.